The number of hydrogen-bond donors (Lipinski definition) is 0. The van der Waals surface area contributed by atoms with Crippen molar-refractivity contribution in [3.63, 3.8) is 0 Å². The van der Waals surface area contributed by atoms with Gasteiger partial charge in [-0.1, -0.05) is 18.2 Å². The molecule has 0 unspecified atom stereocenters. The van der Waals surface area contributed by atoms with E-state index in [-0.39, 0.29) is 6.10 Å². The van der Waals surface area contributed by atoms with Crippen LogP contribution in [0.1, 0.15) is 24.8 Å². The molecule has 0 fully saturated rings. The van der Waals surface area contributed by atoms with Gasteiger partial charge in [-0.05, 0) is 19.1 Å². The highest BCUT2D eigenvalue weighted by molar-refractivity contribution is 5.21. The molecule has 1 heterocycles. The van der Waals surface area contributed by atoms with Crippen molar-refractivity contribution in [1.82, 2.24) is 10.2 Å². The van der Waals surface area contributed by atoms with Gasteiger partial charge in [0, 0.05) is 6.92 Å². The maximum absolute atomic E-state index is 5.62. The molecular weight excluding hydrogens is 192 g/mol. The van der Waals surface area contributed by atoms with E-state index in [1.807, 2.05) is 37.3 Å². The monoisotopic (exact) mass is 204 g/mol. The van der Waals surface area contributed by atoms with Crippen LogP contribution in [-0.2, 0) is 0 Å². The Morgan fingerprint density at radius 3 is 2.53 bits per heavy atom. The first-order chi connectivity index (χ1) is 7.25. The highest BCUT2D eigenvalue weighted by Gasteiger charge is 2.13. The molecule has 0 aliphatic rings. The maximum Gasteiger partial charge on any atom is 0.256 e. The summed E-state index contributed by atoms with van der Waals surface area (Å²) in [5.41, 5.74) is 0. The van der Waals surface area contributed by atoms with Crippen molar-refractivity contribution in [3.8, 4) is 5.75 Å². The molecule has 15 heavy (non-hydrogen) atoms. The Morgan fingerprint density at radius 1 is 1.20 bits per heavy atom. The zero-order valence-corrected chi connectivity index (χ0v) is 8.68. The number of nitrogens with zero attached hydrogens (tertiary/aromatic N) is 2. The maximum atomic E-state index is 5.62. The first-order valence-electron chi connectivity index (χ1n) is 4.77. The van der Waals surface area contributed by atoms with Gasteiger partial charge in [-0.3, -0.25) is 0 Å². The van der Waals surface area contributed by atoms with Crippen LogP contribution in [0.2, 0.25) is 0 Å². The molecule has 4 heteroatoms. The van der Waals surface area contributed by atoms with Crippen molar-refractivity contribution >= 4 is 0 Å². The quantitative estimate of drug-likeness (QED) is 0.770. The van der Waals surface area contributed by atoms with Gasteiger partial charge in [0.1, 0.15) is 5.75 Å². The average molecular weight is 204 g/mol. The van der Waals surface area contributed by atoms with Crippen LogP contribution in [0.4, 0.5) is 0 Å². The lowest BCUT2D eigenvalue weighted by molar-refractivity contribution is 0.187. The van der Waals surface area contributed by atoms with Gasteiger partial charge in [-0.15, -0.1) is 10.2 Å². The number of rotatable bonds is 3. The molecule has 4 nitrogen and oxygen atoms in total. The Kier molecular flexibility index (Phi) is 2.67. The standard InChI is InChI=1S/C11H12N2O2/c1-8(11-13-12-9(2)15-11)14-10-6-4-3-5-7-10/h3-8H,1-2H3/t8-/m1/s1. The molecule has 2 rings (SSSR count). The topological polar surface area (TPSA) is 48.2 Å². The lowest BCUT2D eigenvalue weighted by atomic mass is 10.3. The summed E-state index contributed by atoms with van der Waals surface area (Å²) in [5, 5.41) is 7.65. The van der Waals surface area contributed by atoms with E-state index in [1.165, 1.54) is 0 Å². The summed E-state index contributed by atoms with van der Waals surface area (Å²) >= 11 is 0. The van der Waals surface area contributed by atoms with Gasteiger partial charge in [0.15, 0.2) is 6.10 Å². The van der Waals surface area contributed by atoms with Gasteiger partial charge in [-0.25, -0.2) is 0 Å². The third kappa shape index (κ3) is 2.34. The molecule has 1 aromatic carbocycles. The second-order valence-electron chi connectivity index (χ2n) is 3.23. The lowest BCUT2D eigenvalue weighted by Crippen LogP contribution is -2.03. The van der Waals surface area contributed by atoms with E-state index in [0.29, 0.717) is 11.8 Å². The molecule has 0 amide bonds. The summed E-state index contributed by atoms with van der Waals surface area (Å²) in [4.78, 5) is 0. The molecule has 0 bridgehead atoms. The number of para-hydroxylation sites is 1. The number of aryl methyl sites for hydroxylation is 1. The van der Waals surface area contributed by atoms with E-state index < -0.39 is 0 Å². The predicted octanol–water partition coefficient (Wildman–Crippen LogP) is 2.52. The fraction of sp³-hybridized carbons (Fsp3) is 0.273. The Balaban J connectivity index is 2.07. The first-order valence-corrected chi connectivity index (χ1v) is 4.77. The van der Waals surface area contributed by atoms with Crippen LogP contribution >= 0.6 is 0 Å². The van der Waals surface area contributed by atoms with E-state index in [2.05, 4.69) is 10.2 Å². The summed E-state index contributed by atoms with van der Waals surface area (Å²) in [6, 6.07) is 9.55. The Hall–Kier alpha value is -1.84. The van der Waals surface area contributed by atoms with Crippen molar-refractivity contribution < 1.29 is 9.15 Å². The molecule has 0 N–H and O–H groups in total. The van der Waals surface area contributed by atoms with Gasteiger partial charge >= 0.3 is 0 Å². The molecule has 1 aromatic heterocycles. The minimum absolute atomic E-state index is 0.228. The first kappa shape index (κ1) is 9.71. The molecule has 0 aliphatic carbocycles. The highest BCUT2D eigenvalue weighted by atomic mass is 16.5. The van der Waals surface area contributed by atoms with Gasteiger partial charge in [0.05, 0.1) is 0 Å². The lowest BCUT2D eigenvalue weighted by Gasteiger charge is -2.10. The average Bonchev–Trinajstić information content (AvgIpc) is 2.66. The fourth-order valence-corrected chi connectivity index (χ4v) is 1.23. The third-order valence-corrected chi connectivity index (χ3v) is 1.95. The Labute approximate surface area is 87.9 Å². The fourth-order valence-electron chi connectivity index (χ4n) is 1.23. The van der Waals surface area contributed by atoms with Crippen LogP contribution in [0.5, 0.6) is 5.75 Å². The molecule has 0 aliphatic heterocycles. The van der Waals surface area contributed by atoms with Gasteiger partial charge in [0.25, 0.3) is 5.89 Å². The van der Waals surface area contributed by atoms with Crippen LogP contribution in [0.3, 0.4) is 0 Å². The van der Waals surface area contributed by atoms with Crippen molar-refractivity contribution in [2.75, 3.05) is 0 Å². The Bertz CT molecular complexity index is 425. The summed E-state index contributed by atoms with van der Waals surface area (Å²) < 4.78 is 10.9. The second kappa shape index (κ2) is 4.13. The van der Waals surface area contributed by atoms with Crippen molar-refractivity contribution in [2.45, 2.75) is 20.0 Å². The van der Waals surface area contributed by atoms with E-state index in [1.54, 1.807) is 6.92 Å². The molecule has 1 atom stereocenters. The molecule has 0 spiro atoms. The van der Waals surface area contributed by atoms with Gasteiger partial charge in [0.2, 0.25) is 5.89 Å². The van der Waals surface area contributed by atoms with E-state index in [9.17, 15) is 0 Å². The summed E-state index contributed by atoms with van der Waals surface area (Å²) in [7, 11) is 0. The second-order valence-corrected chi connectivity index (χ2v) is 3.23. The summed E-state index contributed by atoms with van der Waals surface area (Å²) in [6.45, 7) is 3.63. The van der Waals surface area contributed by atoms with Crippen molar-refractivity contribution in [2.24, 2.45) is 0 Å². The van der Waals surface area contributed by atoms with Crippen molar-refractivity contribution in [1.29, 1.82) is 0 Å². The zero-order valence-electron chi connectivity index (χ0n) is 8.68. The van der Waals surface area contributed by atoms with Gasteiger partial charge in [-0.2, -0.15) is 0 Å². The van der Waals surface area contributed by atoms with E-state index in [0.717, 1.165) is 5.75 Å². The SMILES string of the molecule is Cc1nnc([C@@H](C)Oc2ccccc2)o1. The van der Waals surface area contributed by atoms with Crippen LogP contribution in [0, 0.1) is 6.92 Å². The number of aromatic nitrogens is 2. The summed E-state index contributed by atoms with van der Waals surface area (Å²) in [6.07, 6.45) is -0.228. The smallest absolute Gasteiger partial charge is 0.256 e. The van der Waals surface area contributed by atoms with Crippen LogP contribution in [-0.4, -0.2) is 10.2 Å². The van der Waals surface area contributed by atoms with Crippen molar-refractivity contribution in [3.05, 3.63) is 42.1 Å². The minimum Gasteiger partial charge on any atom is -0.481 e. The van der Waals surface area contributed by atoms with Gasteiger partial charge < -0.3 is 9.15 Å². The van der Waals surface area contributed by atoms with E-state index >= 15 is 0 Å². The Morgan fingerprint density at radius 2 is 1.93 bits per heavy atom. The minimum atomic E-state index is -0.228. The molecule has 2 aromatic rings. The van der Waals surface area contributed by atoms with Crippen LogP contribution in [0.15, 0.2) is 34.7 Å². The third-order valence-electron chi connectivity index (χ3n) is 1.95. The zero-order chi connectivity index (χ0) is 10.7. The normalized spacial score (nSPS) is 12.4. The number of benzene rings is 1. The largest absolute Gasteiger partial charge is 0.481 e. The molecule has 0 saturated heterocycles. The number of ether oxygens (including phenoxy) is 1. The van der Waals surface area contributed by atoms with Crippen LogP contribution in [0.25, 0.3) is 0 Å². The predicted molar refractivity (Wildman–Crippen MR) is 54.5 cm³/mol. The molecule has 78 valence electrons. The summed E-state index contributed by atoms with van der Waals surface area (Å²) in [5.74, 6) is 1.84. The van der Waals surface area contributed by atoms with E-state index in [4.69, 9.17) is 9.15 Å². The number of hydrogen-bond acceptors (Lipinski definition) is 4. The highest BCUT2D eigenvalue weighted by Crippen LogP contribution is 2.19. The molecule has 0 radical (unpaired) electrons. The molecule has 0 saturated carbocycles. The van der Waals surface area contributed by atoms with Crippen LogP contribution < -0.4 is 4.74 Å². The molecular formula is C11H12N2O2.